The van der Waals surface area contributed by atoms with Gasteiger partial charge in [0.25, 0.3) is 0 Å². The zero-order valence-corrected chi connectivity index (χ0v) is 18.9. The predicted octanol–water partition coefficient (Wildman–Crippen LogP) is 7.25. The first-order chi connectivity index (χ1) is 16.2. The van der Waals surface area contributed by atoms with Gasteiger partial charge in [-0.2, -0.15) is 10.2 Å². The molecule has 0 heterocycles. The fourth-order valence-corrected chi connectivity index (χ4v) is 3.60. The Bertz CT molecular complexity index is 1160. The van der Waals surface area contributed by atoms with E-state index in [1.54, 1.807) is 21.3 Å². The highest BCUT2D eigenvalue weighted by atomic mass is 16.5. The lowest BCUT2D eigenvalue weighted by atomic mass is 9.99. The smallest absolute Gasteiger partial charge is 0.146 e. The molecule has 4 rings (SSSR count). The molecule has 4 aromatic carbocycles. The van der Waals surface area contributed by atoms with E-state index in [9.17, 15) is 0 Å². The van der Waals surface area contributed by atoms with E-state index >= 15 is 0 Å². The Balaban J connectivity index is 1.74. The zero-order chi connectivity index (χ0) is 23.0. The number of hydrogen-bond acceptors (Lipinski definition) is 5. The first-order valence-corrected chi connectivity index (χ1v) is 10.6. The van der Waals surface area contributed by atoms with Gasteiger partial charge in [0, 0.05) is 0 Å². The second-order valence-corrected chi connectivity index (χ2v) is 7.42. The summed E-state index contributed by atoms with van der Waals surface area (Å²) in [6.07, 6.45) is 0. The number of ether oxygens (including phenoxy) is 3. The molecule has 0 atom stereocenters. The molecule has 0 N–H and O–H groups in total. The van der Waals surface area contributed by atoms with Crippen LogP contribution in [-0.2, 0) is 0 Å². The SMILES string of the molecule is COc1ccc(C(N=Nc2cc(-c3ccccc3)ccc2OC)c2ccc(OC)cc2)cc1. The van der Waals surface area contributed by atoms with Gasteiger partial charge in [-0.3, -0.25) is 0 Å². The molecule has 0 fully saturated rings. The van der Waals surface area contributed by atoms with Crippen molar-refractivity contribution in [1.29, 1.82) is 0 Å². The Morgan fingerprint density at radius 2 is 1.15 bits per heavy atom. The van der Waals surface area contributed by atoms with E-state index in [-0.39, 0.29) is 6.04 Å². The van der Waals surface area contributed by atoms with E-state index in [1.165, 1.54) is 0 Å². The summed E-state index contributed by atoms with van der Waals surface area (Å²) >= 11 is 0. The molecule has 0 aliphatic carbocycles. The summed E-state index contributed by atoms with van der Waals surface area (Å²) in [7, 11) is 4.95. The standard InChI is InChI=1S/C28H26N2O3/c1-31-24-14-9-21(10-15-24)28(22-11-16-25(32-2)17-12-22)30-29-26-19-23(13-18-27(26)33-3)20-7-5-4-6-8-20/h4-19,28H,1-3H3. The van der Waals surface area contributed by atoms with Crippen molar-refractivity contribution in [2.75, 3.05) is 21.3 Å². The third kappa shape index (κ3) is 5.21. The summed E-state index contributed by atoms with van der Waals surface area (Å²) in [5.41, 5.74) is 4.84. The van der Waals surface area contributed by atoms with Crippen molar-refractivity contribution in [3.63, 3.8) is 0 Å². The Hall–Kier alpha value is -4.12. The average molecular weight is 439 g/mol. The number of rotatable bonds is 8. The number of methoxy groups -OCH3 is 3. The van der Waals surface area contributed by atoms with Crippen LogP contribution in [0.25, 0.3) is 11.1 Å². The van der Waals surface area contributed by atoms with Crippen LogP contribution in [0.5, 0.6) is 17.2 Å². The lowest BCUT2D eigenvalue weighted by Crippen LogP contribution is -1.98. The minimum absolute atomic E-state index is 0.299. The van der Waals surface area contributed by atoms with Crippen LogP contribution < -0.4 is 14.2 Å². The Labute approximate surface area is 194 Å². The van der Waals surface area contributed by atoms with Gasteiger partial charge in [0.1, 0.15) is 29.0 Å². The van der Waals surface area contributed by atoms with Crippen molar-refractivity contribution >= 4 is 5.69 Å². The van der Waals surface area contributed by atoms with Gasteiger partial charge in [0.05, 0.1) is 21.3 Å². The summed E-state index contributed by atoms with van der Waals surface area (Å²) in [6.45, 7) is 0. The highest BCUT2D eigenvalue weighted by molar-refractivity contribution is 5.70. The first-order valence-electron chi connectivity index (χ1n) is 10.6. The third-order valence-electron chi connectivity index (χ3n) is 5.43. The average Bonchev–Trinajstić information content (AvgIpc) is 2.90. The summed E-state index contributed by atoms with van der Waals surface area (Å²) in [4.78, 5) is 0. The molecular weight excluding hydrogens is 412 g/mol. The van der Waals surface area contributed by atoms with Crippen LogP contribution in [-0.4, -0.2) is 21.3 Å². The summed E-state index contributed by atoms with van der Waals surface area (Å²) in [5, 5.41) is 9.39. The topological polar surface area (TPSA) is 52.4 Å². The maximum atomic E-state index is 5.55. The molecule has 0 aliphatic heterocycles. The molecule has 166 valence electrons. The van der Waals surface area contributed by atoms with Crippen LogP contribution in [0.4, 0.5) is 5.69 Å². The van der Waals surface area contributed by atoms with Crippen LogP contribution in [0.3, 0.4) is 0 Å². The summed E-state index contributed by atoms with van der Waals surface area (Å²) in [5.74, 6) is 2.25. The van der Waals surface area contributed by atoms with Gasteiger partial charge in [-0.05, 0) is 58.7 Å². The molecule has 33 heavy (non-hydrogen) atoms. The molecule has 0 unspecified atom stereocenters. The molecule has 0 radical (unpaired) electrons. The number of azo groups is 1. The van der Waals surface area contributed by atoms with Gasteiger partial charge in [-0.1, -0.05) is 60.7 Å². The third-order valence-corrected chi connectivity index (χ3v) is 5.43. The van der Waals surface area contributed by atoms with Gasteiger partial charge in [0.2, 0.25) is 0 Å². The Kier molecular flexibility index (Phi) is 7.00. The molecule has 0 aliphatic rings. The van der Waals surface area contributed by atoms with E-state index in [4.69, 9.17) is 19.3 Å². The van der Waals surface area contributed by atoms with Crippen molar-refractivity contribution in [3.8, 4) is 28.4 Å². The van der Waals surface area contributed by atoms with Gasteiger partial charge in [-0.15, -0.1) is 0 Å². The fraction of sp³-hybridized carbons (Fsp3) is 0.143. The first kappa shape index (κ1) is 22.1. The lowest BCUT2D eigenvalue weighted by Gasteiger charge is -2.14. The molecule has 0 saturated carbocycles. The lowest BCUT2D eigenvalue weighted by molar-refractivity contribution is 0.414. The second-order valence-electron chi connectivity index (χ2n) is 7.42. The normalized spacial score (nSPS) is 11.0. The van der Waals surface area contributed by atoms with E-state index in [0.29, 0.717) is 11.4 Å². The maximum absolute atomic E-state index is 5.55. The maximum Gasteiger partial charge on any atom is 0.146 e. The fourth-order valence-electron chi connectivity index (χ4n) is 3.60. The molecule has 0 aromatic heterocycles. The van der Waals surface area contributed by atoms with Crippen LogP contribution in [0, 0.1) is 0 Å². The van der Waals surface area contributed by atoms with Crippen molar-refractivity contribution < 1.29 is 14.2 Å². The minimum atomic E-state index is -0.299. The number of benzene rings is 4. The molecule has 0 spiro atoms. The Morgan fingerprint density at radius 3 is 1.67 bits per heavy atom. The number of nitrogens with zero attached hydrogens (tertiary/aromatic N) is 2. The molecule has 0 amide bonds. The van der Waals surface area contributed by atoms with Crippen LogP contribution in [0.1, 0.15) is 17.2 Å². The molecule has 0 bridgehead atoms. The monoisotopic (exact) mass is 438 g/mol. The van der Waals surface area contributed by atoms with Gasteiger partial charge >= 0.3 is 0 Å². The van der Waals surface area contributed by atoms with Crippen molar-refractivity contribution in [2.24, 2.45) is 10.2 Å². The van der Waals surface area contributed by atoms with Gasteiger partial charge < -0.3 is 14.2 Å². The second kappa shape index (κ2) is 10.5. The van der Waals surface area contributed by atoms with Gasteiger partial charge in [-0.25, -0.2) is 0 Å². The largest absolute Gasteiger partial charge is 0.497 e. The van der Waals surface area contributed by atoms with E-state index in [0.717, 1.165) is 33.8 Å². The highest BCUT2D eigenvalue weighted by Gasteiger charge is 2.15. The van der Waals surface area contributed by atoms with Gasteiger partial charge in [0.15, 0.2) is 0 Å². The van der Waals surface area contributed by atoms with Crippen molar-refractivity contribution in [3.05, 3.63) is 108 Å². The van der Waals surface area contributed by atoms with Crippen LogP contribution in [0.15, 0.2) is 107 Å². The molecular formula is C28H26N2O3. The molecule has 4 aromatic rings. The quantitative estimate of drug-likeness (QED) is 0.272. The van der Waals surface area contributed by atoms with E-state index in [2.05, 4.69) is 17.2 Å². The molecule has 0 saturated heterocycles. The predicted molar refractivity (Wildman–Crippen MR) is 131 cm³/mol. The van der Waals surface area contributed by atoms with Crippen molar-refractivity contribution in [1.82, 2.24) is 0 Å². The summed E-state index contributed by atoms with van der Waals surface area (Å²) in [6, 6.07) is 31.6. The van der Waals surface area contributed by atoms with Crippen LogP contribution >= 0.6 is 0 Å². The Morgan fingerprint density at radius 1 is 0.576 bits per heavy atom. The van der Waals surface area contributed by atoms with E-state index in [1.807, 2.05) is 84.9 Å². The van der Waals surface area contributed by atoms with Crippen LogP contribution in [0.2, 0.25) is 0 Å². The highest BCUT2D eigenvalue weighted by Crippen LogP contribution is 2.36. The zero-order valence-electron chi connectivity index (χ0n) is 18.9. The van der Waals surface area contributed by atoms with Crippen molar-refractivity contribution in [2.45, 2.75) is 6.04 Å². The minimum Gasteiger partial charge on any atom is -0.497 e. The number of hydrogen-bond donors (Lipinski definition) is 0. The summed E-state index contributed by atoms with van der Waals surface area (Å²) < 4.78 is 16.2. The molecule has 5 heteroatoms. The van der Waals surface area contributed by atoms with E-state index < -0.39 is 0 Å². The molecule has 5 nitrogen and oxygen atoms in total.